The quantitative estimate of drug-likeness (QED) is 0.888. The molecule has 1 aliphatic heterocycles. The minimum Gasteiger partial charge on any atom is -0.336 e. The molecule has 1 aliphatic rings. The topological polar surface area (TPSA) is 75.4 Å². The van der Waals surface area contributed by atoms with Gasteiger partial charge in [0.05, 0.1) is 5.69 Å². The molecule has 21 heavy (non-hydrogen) atoms. The van der Waals surface area contributed by atoms with Crippen LogP contribution >= 0.6 is 0 Å². The lowest BCUT2D eigenvalue weighted by atomic mass is 10.1. The van der Waals surface area contributed by atoms with E-state index in [9.17, 15) is 14.0 Å². The number of carbonyl (C=O) groups excluding carboxylic acids is 2. The molecule has 2 unspecified atom stereocenters. The Kier molecular flexibility index (Phi) is 4.57. The lowest BCUT2D eigenvalue weighted by Gasteiger charge is -2.22. The van der Waals surface area contributed by atoms with Gasteiger partial charge in [-0.3, -0.25) is 9.59 Å². The zero-order valence-corrected chi connectivity index (χ0v) is 12.2. The standard InChI is InChI=1S/C15H20FN3O2/c1-9-5-11(7-17)8-19(9)15(21)12-3-4-13(16)14(6-12)18-10(2)20/h3-4,6,9,11H,5,7-8,17H2,1-2H3,(H,18,20). The fourth-order valence-electron chi connectivity index (χ4n) is 2.71. The summed E-state index contributed by atoms with van der Waals surface area (Å²) in [7, 11) is 0. The maximum absolute atomic E-state index is 13.6. The first-order valence-corrected chi connectivity index (χ1v) is 7.00. The molecule has 2 rings (SSSR count). The summed E-state index contributed by atoms with van der Waals surface area (Å²) in [6.07, 6.45) is 0.877. The Morgan fingerprint density at radius 1 is 1.48 bits per heavy atom. The fraction of sp³-hybridized carbons (Fsp3) is 0.467. The van der Waals surface area contributed by atoms with E-state index in [1.165, 1.54) is 25.1 Å². The second-order valence-corrected chi connectivity index (χ2v) is 5.52. The first kappa shape index (κ1) is 15.4. The smallest absolute Gasteiger partial charge is 0.254 e. The van der Waals surface area contributed by atoms with Gasteiger partial charge in [0.1, 0.15) is 5.82 Å². The lowest BCUT2D eigenvalue weighted by Crippen LogP contribution is -2.34. The van der Waals surface area contributed by atoms with Crippen molar-refractivity contribution < 1.29 is 14.0 Å². The van der Waals surface area contributed by atoms with Crippen molar-refractivity contribution in [3.8, 4) is 0 Å². The van der Waals surface area contributed by atoms with Gasteiger partial charge in [0.25, 0.3) is 5.91 Å². The number of nitrogens with one attached hydrogen (secondary N) is 1. The molecule has 2 amide bonds. The van der Waals surface area contributed by atoms with Gasteiger partial charge in [-0.15, -0.1) is 0 Å². The number of nitrogens with two attached hydrogens (primary N) is 1. The molecule has 1 saturated heterocycles. The molecule has 0 aromatic heterocycles. The molecule has 0 bridgehead atoms. The fourth-order valence-corrected chi connectivity index (χ4v) is 2.71. The van der Waals surface area contributed by atoms with E-state index in [0.717, 1.165) is 6.42 Å². The molecule has 0 aliphatic carbocycles. The Hall–Kier alpha value is -1.95. The van der Waals surface area contributed by atoms with Gasteiger partial charge in [-0.2, -0.15) is 0 Å². The second kappa shape index (κ2) is 6.22. The molecular weight excluding hydrogens is 273 g/mol. The van der Waals surface area contributed by atoms with Crippen LogP contribution in [-0.2, 0) is 4.79 Å². The predicted molar refractivity (Wildman–Crippen MR) is 78.4 cm³/mol. The third-order valence-corrected chi connectivity index (χ3v) is 3.78. The minimum atomic E-state index is -0.559. The molecule has 0 radical (unpaired) electrons. The number of hydrogen-bond acceptors (Lipinski definition) is 3. The highest BCUT2D eigenvalue weighted by molar-refractivity contribution is 5.97. The van der Waals surface area contributed by atoms with Crippen molar-refractivity contribution >= 4 is 17.5 Å². The van der Waals surface area contributed by atoms with Crippen LogP contribution in [0.1, 0.15) is 30.6 Å². The summed E-state index contributed by atoms with van der Waals surface area (Å²) in [5.74, 6) is -0.795. The number of amides is 2. The number of hydrogen-bond donors (Lipinski definition) is 2. The van der Waals surface area contributed by atoms with E-state index in [2.05, 4.69) is 5.32 Å². The molecule has 1 aromatic rings. The van der Waals surface area contributed by atoms with Crippen molar-refractivity contribution in [2.75, 3.05) is 18.4 Å². The summed E-state index contributed by atoms with van der Waals surface area (Å²) in [6, 6.07) is 4.12. The van der Waals surface area contributed by atoms with Crippen LogP contribution in [0.2, 0.25) is 0 Å². The van der Waals surface area contributed by atoms with E-state index in [1.54, 1.807) is 4.90 Å². The Morgan fingerprint density at radius 3 is 2.76 bits per heavy atom. The number of likely N-dealkylation sites (tertiary alicyclic amines) is 1. The molecule has 5 nitrogen and oxygen atoms in total. The van der Waals surface area contributed by atoms with Gasteiger partial charge in [0.2, 0.25) is 5.91 Å². The second-order valence-electron chi connectivity index (χ2n) is 5.52. The van der Waals surface area contributed by atoms with Crippen molar-refractivity contribution in [1.29, 1.82) is 0 Å². The number of anilines is 1. The summed E-state index contributed by atoms with van der Waals surface area (Å²) in [6.45, 7) is 4.44. The van der Waals surface area contributed by atoms with Crippen molar-refractivity contribution in [3.05, 3.63) is 29.6 Å². The van der Waals surface area contributed by atoms with Crippen molar-refractivity contribution in [2.45, 2.75) is 26.3 Å². The number of nitrogens with zero attached hydrogens (tertiary/aromatic N) is 1. The predicted octanol–water partition coefficient (Wildman–Crippen LogP) is 1.59. The molecule has 114 valence electrons. The average molecular weight is 293 g/mol. The van der Waals surface area contributed by atoms with Crippen LogP contribution in [0.25, 0.3) is 0 Å². The maximum atomic E-state index is 13.6. The first-order valence-electron chi connectivity index (χ1n) is 7.00. The Morgan fingerprint density at radius 2 is 2.19 bits per heavy atom. The zero-order valence-electron chi connectivity index (χ0n) is 12.2. The summed E-state index contributed by atoms with van der Waals surface area (Å²) in [5, 5.41) is 2.39. The van der Waals surface area contributed by atoms with Crippen LogP contribution < -0.4 is 11.1 Å². The van der Waals surface area contributed by atoms with Crippen molar-refractivity contribution in [2.24, 2.45) is 11.7 Å². The molecular formula is C15H20FN3O2. The summed E-state index contributed by atoms with van der Waals surface area (Å²) in [4.78, 5) is 25.3. The van der Waals surface area contributed by atoms with E-state index in [1.807, 2.05) is 6.92 Å². The highest BCUT2D eigenvalue weighted by atomic mass is 19.1. The number of halogens is 1. The van der Waals surface area contributed by atoms with Crippen LogP contribution in [0.15, 0.2) is 18.2 Å². The molecule has 1 fully saturated rings. The van der Waals surface area contributed by atoms with Crippen LogP contribution in [0.3, 0.4) is 0 Å². The van der Waals surface area contributed by atoms with Crippen molar-refractivity contribution in [3.63, 3.8) is 0 Å². The highest BCUT2D eigenvalue weighted by Gasteiger charge is 2.32. The van der Waals surface area contributed by atoms with E-state index in [4.69, 9.17) is 5.73 Å². The zero-order chi connectivity index (χ0) is 15.6. The third kappa shape index (κ3) is 3.39. The normalized spacial score (nSPS) is 21.4. The van der Waals surface area contributed by atoms with Crippen LogP contribution in [0.5, 0.6) is 0 Å². The van der Waals surface area contributed by atoms with Gasteiger partial charge in [0.15, 0.2) is 0 Å². The molecule has 2 atom stereocenters. The number of rotatable bonds is 3. The van der Waals surface area contributed by atoms with Gasteiger partial charge in [-0.1, -0.05) is 0 Å². The summed E-state index contributed by atoms with van der Waals surface area (Å²) >= 11 is 0. The van der Waals surface area contributed by atoms with Crippen molar-refractivity contribution in [1.82, 2.24) is 4.90 Å². The number of carbonyl (C=O) groups is 2. The molecule has 0 saturated carbocycles. The molecule has 1 heterocycles. The summed E-state index contributed by atoms with van der Waals surface area (Å²) in [5.41, 5.74) is 6.05. The Bertz CT molecular complexity index is 562. The van der Waals surface area contributed by atoms with Crippen LogP contribution in [0.4, 0.5) is 10.1 Å². The molecule has 1 aromatic carbocycles. The van der Waals surface area contributed by atoms with Gasteiger partial charge in [-0.25, -0.2) is 4.39 Å². The van der Waals surface area contributed by atoms with E-state index < -0.39 is 5.82 Å². The van der Waals surface area contributed by atoms with E-state index in [-0.39, 0.29) is 23.5 Å². The van der Waals surface area contributed by atoms with Gasteiger partial charge in [0, 0.05) is 25.1 Å². The Balaban J connectivity index is 2.21. The summed E-state index contributed by atoms with van der Waals surface area (Å²) < 4.78 is 13.6. The Labute approximate surface area is 123 Å². The minimum absolute atomic E-state index is 0.0237. The van der Waals surface area contributed by atoms with Crippen LogP contribution in [-0.4, -0.2) is 35.8 Å². The first-order chi connectivity index (χ1) is 9.92. The largest absolute Gasteiger partial charge is 0.336 e. The SMILES string of the molecule is CC(=O)Nc1cc(C(=O)N2CC(CN)CC2C)ccc1F. The van der Waals surface area contributed by atoms with Crippen LogP contribution in [0, 0.1) is 11.7 Å². The number of benzene rings is 1. The third-order valence-electron chi connectivity index (χ3n) is 3.78. The van der Waals surface area contributed by atoms with E-state index in [0.29, 0.717) is 24.6 Å². The molecule has 3 N–H and O–H groups in total. The van der Waals surface area contributed by atoms with E-state index >= 15 is 0 Å². The molecule has 6 heteroatoms. The molecule has 0 spiro atoms. The average Bonchev–Trinajstić information content (AvgIpc) is 2.81. The maximum Gasteiger partial charge on any atom is 0.254 e. The van der Waals surface area contributed by atoms with Gasteiger partial charge >= 0.3 is 0 Å². The monoisotopic (exact) mass is 293 g/mol. The highest BCUT2D eigenvalue weighted by Crippen LogP contribution is 2.25. The van der Waals surface area contributed by atoms with Gasteiger partial charge in [-0.05, 0) is 44.0 Å². The lowest BCUT2D eigenvalue weighted by molar-refractivity contribution is -0.114. The van der Waals surface area contributed by atoms with Gasteiger partial charge < -0.3 is 16.0 Å².